The average Bonchev–Trinajstić information content (AvgIpc) is 3.39. The molecule has 0 amide bonds. The summed E-state index contributed by atoms with van der Waals surface area (Å²) in [6.45, 7) is 9.66. The molecule has 0 unspecified atom stereocenters. The molecule has 1 aliphatic heterocycles. The summed E-state index contributed by atoms with van der Waals surface area (Å²) in [5, 5.41) is 4.37. The molecule has 0 spiro atoms. The third-order valence-electron chi connectivity index (χ3n) is 4.96. The van der Waals surface area contributed by atoms with Crippen LogP contribution < -0.4 is 10.1 Å². The van der Waals surface area contributed by atoms with Crippen molar-refractivity contribution in [2.24, 2.45) is 0 Å². The Morgan fingerprint density at radius 2 is 2.27 bits per heavy atom. The first-order valence-corrected chi connectivity index (χ1v) is 9.67. The molecular weight excluding hydrogens is 381 g/mol. The molecule has 2 aromatic heterocycles. The number of nitrogens with zero attached hydrogens (tertiary/aromatic N) is 3. The quantitative estimate of drug-likeness (QED) is 0.485. The third-order valence-corrected chi connectivity index (χ3v) is 4.96. The molecule has 0 saturated carbocycles. The van der Waals surface area contributed by atoms with Gasteiger partial charge in [0.1, 0.15) is 24.4 Å². The van der Waals surface area contributed by atoms with Crippen molar-refractivity contribution in [3.63, 3.8) is 0 Å². The van der Waals surface area contributed by atoms with Crippen molar-refractivity contribution in [3.05, 3.63) is 73.1 Å². The number of halogens is 1. The maximum atomic E-state index is 13.6. The summed E-state index contributed by atoms with van der Waals surface area (Å²) >= 11 is 0. The second-order valence-electron chi connectivity index (χ2n) is 6.96. The van der Waals surface area contributed by atoms with E-state index in [9.17, 15) is 4.39 Å². The summed E-state index contributed by atoms with van der Waals surface area (Å²) in [5.41, 5.74) is 2.33. The van der Waals surface area contributed by atoms with Crippen molar-refractivity contribution >= 4 is 16.9 Å². The standard InChI is InChI=1S/C23H22FN5O/c1-3-16(2)29-11-10-18(14-29)28-23-19-13-17(27-22(19)25-15-26-23)7-6-12-30-21-9-5-4-8-20(21)24/h3-5,8-9,13,15,18H,1-2,10-12,14H2,(H2,25,26,27,28)/t18-/m1/s1. The Balaban J connectivity index is 1.43. The Bertz CT molecular complexity index is 1140. The predicted molar refractivity (Wildman–Crippen MR) is 116 cm³/mol. The van der Waals surface area contributed by atoms with Gasteiger partial charge in [0, 0.05) is 24.8 Å². The molecule has 3 aromatic rings. The Hall–Kier alpha value is -3.79. The molecule has 0 aliphatic carbocycles. The third kappa shape index (κ3) is 4.28. The highest BCUT2D eigenvalue weighted by molar-refractivity contribution is 5.88. The highest BCUT2D eigenvalue weighted by Crippen LogP contribution is 2.24. The lowest BCUT2D eigenvalue weighted by Crippen LogP contribution is -2.25. The predicted octanol–water partition coefficient (Wildman–Crippen LogP) is 3.71. The van der Waals surface area contributed by atoms with Crippen LogP contribution in [0.3, 0.4) is 0 Å². The lowest BCUT2D eigenvalue weighted by Gasteiger charge is -2.19. The first kappa shape index (κ1) is 19.5. The van der Waals surface area contributed by atoms with Gasteiger partial charge in [-0.05, 0) is 36.6 Å². The lowest BCUT2D eigenvalue weighted by atomic mass is 10.2. The number of nitrogens with one attached hydrogen (secondary N) is 2. The van der Waals surface area contributed by atoms with Crippen molar-refractivity contribution in [1.29, 1.82) is 0 Å². The van der Waals surface area contributed by atoms with Gasteiger partial charge in [-0.15, -0.1) is 0 Å². The van der Waals surface area contributed by atoms with E-state index in [0.29, 0.717) is 11.3 Å². The fraction of sp³-hybridized carbons (Fsp3) is 0.217. The number of hydrogen-bond donors (Lipinski definition) is 2. The van der Waals surface area contributed by atoms with Crippen molar-refractivity contribution in [1.82, 2.24) is 19.9 Å². The van der Waals surface area contributed by atoms with E-state index in [0.717, 1.165) is 36.4 Å². The van der Waals surface area contributed by atoms with Crippen LogP contribution in [0, 0.1) is 17.7 Å². The molecule has 1 atom stereocenters. The van der Waals surface area contributed by atoms with E-state index in [4.69, 9.17) is 4.74 Å². The highest BCUT2D eigenvalue weighted by Gasteiger charge is 2.23. The number of benzene rings is 1. The first-order valence-electron chi connectivity index (χ1n) is 9.67. The number of hydrogen-bond acceptors (Lipinski definition) is 5. The first-order chi connectivity index (χ1) is 14.6. The fourth-order valence-electron chi connectivity index (χ4n) is 3.39. The largest absolute Gasteiger partial charge is 0.478 e. The molecule has 2 N–H and O–H groups in total. The average molecular weight is 403 g/mol. The second-order valence-corrected chi connectivity index (χ2v) is 6.96. The minimum atomic E-state index is -0.405. The molecule has 7 heteroatoms. The van der Waals surface area contributed by atoms with Crippen LogP contribution in [-0.4, -0.2) is 45.6 Å². The summed E-state index contributed by atoms with van der Waals surface area (Å²) in [7, 11) is 0. The number of rotatable bonds is 6. The monoisotopic (exact) mass is 403 g/mol. The number of aromatic nitrogens is 3. The van der Waals surface area contributed by atoms with Crippen LogP contribution in [0.25, 0.3) is 11.0 Å². The van der Waals surface area contributed by atoms with Gasteiger partial charge in [0.2, 0.25) is 0 Å². The second kappa shape index (κ2) is 8.70. The molecule has 30 heavy (non-hydrogen) atoms. The zero-order chi connectivity index (χ0) is 20.9. The van der Waals surface area contributed by atoms with Crippen molar-refractivity contribution < 1.29 is 9.13 Å². The summed E-state index contributed by atoms with van der Waals surface area (Å²) in [4.78, 5) is 14.1. The number of aromatic amines is 1. The van der Waals surface area contributed by atoms with E-state index in [2.05, 4.69) is 50.2 Å². The van der Waals surface area contributed by atoms with Crippen LogP contribution in [0.1, 0.15) is 12.1 Å². The smallest absolute Gasteiger partial charge is 0.165 e. The SMILES string of the molecule is C=CC(=C)N1CC[C@@H](Nc2ncnc3[nH]c(C#CCOc4ccccc4F)cc23)C1. The zero-order valence-electron chi connectivity index (χ0n) is 16.5. The van der Waals surface area contributed by atoms with Crippen molar-refractivity contribution in [2.45, 2.75) is 12.5 Å². The fourth-order valence-corrected chi connectivity index (χ4v) is 3.39. The number of ether oxygens (including phenoxy) is 1. The van der Waals surface area contributed by atoms with Gasteiger partial charge < -0.3 is 19.9 Å². The Labute approximate surface area is 174 Å². The van der Waals surface area contributed by atoms with Gasteiger partial charge in [-0.1, -0.05) is 31.2 Å². The molecule has 1 saturated heterocycles. The van der Waals surface area contributed by atoms with Gasteiger partial charge in [-0.25, -0.2) is 14.4 Å². The van der Waals surface area contributed by atoms with Gasteiger partial charge in [0.25, 0.3) is 0 Å². The zero-order valence-corrected chi connectivity index (χ0v) is 16.5. The van der Waals surface area contributed by atoms with E-state index in [1.165, 1.54) is 12.4 Å². The van der Waals surface area contributed by atoms with Crippen LogP contribution in [0.2, 0.25) is 0 Å². The van der Waals surface area contributed by atoms with Gasteiger partial charge >= 0.3 is 0 Å². The number of fused-ring (bicyclic) bond motifs is 1. The van der Waals surface area contributed by atoms with Gasteiger partial charge in [-0.3, -0.25) is 0 Å². The summed E-state index contributed by atoms with van der Waals surface area (Å²) in [6, 6.07) is 8.42. The molecule has 1 aromatic carbocycles. The Morgan fingerprint density at radius 3 is 3.10 bits per heavy atom. The highest BCUT2D eigenvalue weighted by atomic mass is 19.1. The molecule has 0 bridgehead atoms. The summed E-state index contributed by atoms with van der Waals surface area (Å²) in [5.74, 6) is 6.43. The number of para-hydroxylation sites is 1. The van der Waals surface area contributed by atoms with E-state index < -0.39 is 5.82 Å². The van der Waals surface area contributed by atoms with E-state index in [-0.39, 0.29) is 18.4 Å². The lowest BCUT2D eigenvalue weighted by molar-refractivity contribution is 0.348. The molecule has 6 nitrogen and oxygen atoms in total. The molecule has 4 rings (SSSR count). The molecule has 1 fully saturated rings. The van der Waals surface area contributed by atoms with E-state index in [1.54, 1.807) is 24.3 Å². The van der Waals surface area contributed by atoms with E-state index in [1.807, 2.05) is 6.07 Å². The number of likely N-dealkylation sites (tertiary alicyclic amines) is 1. The number of allylic oxidation sites excluding steroid dienone is 1. The maximum Gasteiger partial charge on any atom is 0.165 e. The Kier molecular flexibility index (Phi) is 5.66. The normalized spacial score (nSPS) is 15.5. The van der Waals surface area contributed by atoms with Crippen LogP contribution in [0.15, 0.2) is 61.6 Å². The topological polar surface area (TPSA) is 66.1 Å². The maximum absolute atomic E-state index is 13.6. The minimum Gasteiger partial charge on any atom is -0.478 e. The van der Waals surface area contributed by atoms with Gasteiger partial charge in [0.15, 0.2) is 11.6 Å². The van der Waals surface area contributed by atoms with Crippen LogP contribution in [0.4, 0.5) is 10.2 Å². The molecule has 3 heterocycles. The summed E-state index contributed by atoms with van der Waals surface area (Å²) in [6.07, 6.45) is 4.29. The van der Waals surface area contributed by atoms with Crippen LogP contribution in [-0.2, 0) is 0 Å². The summed E-state index contributed by atoms with van der Waals surface area (Å²) < 4.78 is 18.9. The minimum absolute atomic E-state index is 0.0815. The molecule has 1 aliphatic rings. The van der Waals surface area contributed by atoms with Gasteiger partial charge in [-0.2, -0.15) is 0 Å². The van der Waals surface area contributed by atoms with Crippen LogP contribution >= 0.6 is 0 Å². The number of anilines is 1. The van der Waals surface area contributed by atoms with Crippen molar-refractivity contribution in [2.75, 3.05) is 25.0 Å². The van der Waals surface area contributed by atoms with E-state index >= 15 is 0 Å². The molecular formula is C23H22FN5O. The molecule has 0 radical (unpaired) electrons. The van der Waals surface area contributed by atoms with Crippen LogP contribution in [0.5, 0.6) is 5.75 Å². The Morgan fingerprint density at radius 1 is 1.40 bits per heavy atom. The van der Waals surface area contributed by atoms with Gasteiger partial charge in [0.05, 0.1) is 11.1 Å². The van der Waals surface area contributed by atoms with Crippen molar-refractivity contribution in [3.8, 4) is 17.6 Å². The molecule has 152 valence electrons. The number of H-pyrrole nitrogens is 1.